The van der Waals surface area contributed by atoms with Crippen LogP contribution in [-0.4, -0.2) is 15.5 Å². The molecule has 0 saturated carbocycles. The summed E-state index contributed by atoms with van der Waals surface area (Å²) in [5, 5.41) is 12.2. The van der Waals surface area contributed by atoms with Crippen LogP contribution in [0.25, 0.3) is 16.4 Å². The second-order valence-electron chi connectivity index (χ2n) is 5.87. The highest BCUT2D eigenvalue weighted by Gasteiger charge is 2.32. The van der Waals surface area contributed by atoms with Crippen LogP contribution in [0, 0.1) is 0 Å². The molecule has 1 aromatic carbocycles. The highest BCUT2D eigenvalue weighted by atomic mass is 79.9. The summed E-state index contributed by atoms with van der Waals surface area (Å²) in [6.07, 6.45) is 5.72. The van der Waals surface area contributed by atoms with Crippen LogP contribution >= 0.6 is 15.9 Å². The average molecular weight is 394 g/mol. The molecule has 6 heteroatoms. The molecule has 1 N–H and O–H groups in total. The molecule has 3 aromatic rings. The molecule has 2 aromatic heterocycles. The Balaban J connectivity index is 2.25. The molecule has 2 heterocycles. The Bertz CT molecular complexity index is 920. The Morgan fingerprint density at radius 3 is 2.75 bits per heavy atom. The summed E-state index contributed by atoms with van der Waals surface area (Å²) in [5.74, 6) is -0.313. The molecule has 0 amide bonds. The van der Waals surface area contributed by atoms with Crippen LogP contribution in [0.15, 0.2) is 34.9 Å². The first kappa shape index (κ1) is 16.9. The summed E-state index contributed by atoms with van der Waals surface area (Å²) in [5.41, 5.74) is 0.311. The molecule has 126 valence electrons. The first-order chi connectivity index (χ1) is 11.6. The van der Waals surface area contributed by atoms with Crippen molar-refractivity contribution in [3.8, 4) is 5.88 Å². The quantitative estimate of drug-likeness (QED) is 0.379. The summed E-state index contributed by atoms with van der Waals surface area (Å²) < 4.78 is 17.5. The van der Waals surface area contributed by atoms with E-state index in [0.29, 0.717) is 12.2 Å². The third-order valence-electron chi connectivity index (χ3n) is 4.30. The van der Waals surface area contributed by atoms with Gasteiger partial charge in [-0.1, -0.05) is 41.8 Å². The van der Waals surface area contributed by atoms with Gasteiger partial charge in [0.15, 0.2) is 0 Å². The monoisotopic (exact) mass is 393 g/mol. The number of aryl methyl sites for hydroxylation is 1. The second-order valence-corrected chi connectivity index (χ2v) is 6.72. The van der Waals surface area contributed by atoms with Crippen molar-refractivity contribution < 1.29 is 18.9 Å². The number of benzene rings is 1. The van der Waals surface area contributed by atoms with Gasteiger partial charge < -0.3 is 5.11 Å². The summed E-state index contributed by atoms with van der Waals surface area (Å²) in [6, 6.07) is 5.89. The van der Waals surface area contributed by atoms with Gasteiger partial charge in [-0.2, -0.15) is 13.4 Å². The molecule has 0 aliphatic heterocycles. The molecular formula is C18H19BrFN2O2+. The van der Waals surface area contributed by atoms with E-state index in [2.05, 4.69) is 22.9 Å². The molecule has 0 radical (unpaired) electrons. The van der Waals surface area contributed by atoms with Crippen LogP contribution in [0.2, 0.25) is 0 Å². The zero-order valence-corrected chi connectivity index (χ0v) is 15.0. The molecule has 3 rings (SSSR count). The van der Waals surface area contributed by atoms with E-state index in [-0.39, 0.29) is 11.6 Å². The SMILES string of the molecule is CCCCCC[n+]1c(O)c(C(=O)F)n2ccc3c(Br)cccc3c21. The van der Waals surface area contributed by atoms with Gasteiger partial charge in [-0.3, -0.25) is 4.79 Å². The van der Waals surface area contributed by atoms with Crippen molar-refractivity contribution in [2.24, 2.45) is 0 Å². The molecule has 0 fully saturated rings. The molecule has 0 aliphatic carbocycles. The van der Waals surface area contributed by atoms with Crippen LogP contribution in [-0.2, 0) is 6.54 Å². The number of fused-ring (bicyclic) bond motifs is 3. The fourth-order valence-corrected chi connectivity index (χ4v) is 3.63. The lowest BCUT2D eigenvalue weighted by molar-refractivity contribution is -0.676. The number of hydrogen-bond acceptors (Lipinski definition) is 2. The van der Waals surface area contributed by atoms with E-state index in [1.165, 1.54) is 4.40 Å². The lowest BCUT2D eigenvalue weighted by Crippen LogP contribution is -2.33. The Kier molecular flexibility index (Phi) is 4.85. The van der Waals surface area contributed by atoms with Gasteiger partial charge in [0.1, 0.15) is 0 Å². The molecular weight excluding hydrogens is 375 g/mol. The maximum Gasteiger partial charge on any atom is 0.379 e. The number of nitrogens with zero attached hydrogens (tertiary/aromatic N) is 2. The summed E-state index contributed by atoms with van der Waals surface area (Å²) in [4.78, 5) is 11.4. The highest BCUT2D eigenvalue weighted by Crippen LogP contribution is 2.29. The van der Waals surface area contributed by atoms with Gasteiger partial charge in [-0.15, -0.1) is 0 Å². The largest absolute Gasteiger partial charge is 0.474 e. The van der Waals surface area contributed by atoms with E-state index in [0.717, 1.165) is 40.9 Å². The van der Waals surface area contributed by atoms with Crippen molar-refractivity contribution in [3.05, 3.63) is 40.6 Å². The van der Waals surface area contributed by atoms with Gasteiger partial charge in [-0.05, 0) is 31.0 Å². The number of pyridine rings is 1. The number of aromatic nitrogens is 2. The van der Waals surface area contributed by atoms with Crippen molar-refractivity contribution in [1.29, 1.82) is 0 Å². The lowest BCUT2D eigenvalue weighted by atomic mass is 10.1. The summed E-state index contributed by atoms with van der Waals surface area (Å²) in [7, 11) is 0. The minimum Gasteiger partial charge on any atom is -0.474 e. The zero-order valence-electron chi connectivity index (χ0n) is 13.4. The number of carbonyl (C=O) groups is 1. The van der Waals surface area contributed by atoms with Gasteiger partial charge in [0, 0.05) is 9.86 Å². The van der Waals surface area contributed by atoms with E-state index in [1.807, 2.05) is 18.2 Å². The fraction of sp³-hybridized carbons (Fsp3) is 0.333. The molecule has 0 aliphatic rings. The molecule has 0 unspecified atom stereocenters. The van der Waals surface area contributed by atoms with Crippen molar-refractivity contribution in [2.75, 3.05) is 0 Å². The van der Waals surface area contributed by atoms with Gasteiger partial charge in [0.05, 0.1) is 18.1 Å². The van der Waals surface area contributed by atoms with Crippen LogP contribution in [0.4, 0.5) is 4.39 Å². The maximum absolute atomic E-state index is 13.5. The summed E-state index contributed by atoms with van der Waals surface area (Å²) >= 11 is 3.51. The van der Waals surface area contributed by atoms with Crippen LogP contribution in [0.1, 0.15) is 43.1 Å². The molecule has 0 saturated heterocycles. The van der Waals surface area contributed by atoms with E-state index in [9.17, 15) is 14.3 Å². The Hall–Kier alpha value is -1.95. The van der Waals surface area contributed by atoms with Crippen LogP contribution < -0.4 is 4.57 Å². The van der Waals surface area contributed by atoms with E-state index >= 15 is 0 Å². The molecule has 4 nitrogen and oxygen atoms in total. The third kappa shape index (κ3) is 2.79. The predicted octanol–water partition coefficient (Wildman–Crippen LogP) is 4.54. The second kappa shape index (κ2) is 6.89. The number of carbonyl (C=O) groups excluding carboxylic acids is 1. The van der Waals surface area contributed by atoms with Crippen molar-refractivity contribution in [3.63, 3.8) is 0 Å². The summed E-state index contributed by atoms with van der Waals surface area (Å²) in [6.45, 7) is 2.66. The zero-order chi connectivity index (χ0) is 17.3. The normalized spacial score (nSPS) is 11.5. The van der Waals surface area contributed by atoms with Crippen molar-refractivity contribution in [2.45, 2.75) is 39.2 Å². The average Bonchev–Trinajstić information content (AvgIpc) is 2.84. The Labute approximate surface area is 147 Å². The first-order valence-corrected chi connectivity index (χ1v) is 8.89. The molecule has 0 spiro atoms. The number of hydrogen-bond donors (Lipinski definition) is 1. The smallest absolute Gasteiger partial charge is 0.379 e. The van der Waals surface area contributed by atoms with Crippen molar-refractivity contribution >= 4 is 38.4 Å². The first-order valence-electron chi connectivity index (χ1n) is 8.10. The van der Waals surface area contributed by atoms with E-state index in [4.69, 9.17) is 0 Å². The van der Waals surface area contributed by atoms with E-state index in [1.54, 1.807) is 16.8 Å². The maximum atomic E-state index is 13.5. The van der Waals surface area contributed by atoms with Gasteiger partial charge >= 0.3 is 11.9 Å². The number of aromatic hydroxyl groups is 1. The predicted molar refractivity (Wildman–Crippen MR) is 94.0 cm³/mol. The molecule has 24 heavy (non-hydrogen) atoms. The van der Waals surface area contributed by atoms with Crippen LogP contribution in [0.3, 0.4) is 0 Å². The topological polar surface area (TPSA) is 45.6 Å². The molecule has 0 atom stereocenters. The number of rotatable bonds is 6. The minimum absolute atomic E-state index is 0.313. The standard InChI is InChI=1S/C18H18BrFN2O2/c1-2-3-4-5-10-22-17-13-7-6-8-14(19)12(13)9-11-21(17)15(16(20)23)18(22)24/h6-9,11H,2-5,10H2,1H3/p+1. The fourth-order valence-electron chi connectivity index (χ4n) is 3.13. The Morgan fingerprint density at radius 1 is 1.25 bits per heavy atom. The lowest BCUT2D eigenvalue weighted by Gasteiger charge is -2.03. The molecule has 0 bridgehead atoms. The van der Waals surface area contributed by atoms with Gasteiger partial charge in [0.2, 0.25) is 0 Å². The minimum atomic E-state index is -1.64. The van der Waals surface area contributed by atoms with Crippen molar-refractivity contribution in [1.82, 2.24) is 4.40 Å². The third-order valence-corrected chi connectivity index (χ3v) is 4.99. The highest BCUT2D eigenvalue weighted by molar-refractivity contribution is 9.10. The van der Waals surface area contributed by atoms with E-state index < -0.39 is 6.04 Å². The van der Waals surface area contributed by atoms with Gasteiger partial charge in [-0.25, -0.2) is 0 Å². The number of halogens is 2. The van der Waals surface area contributed by atoms with Crippen LogP contribution in [0.5, 0.6) is 5.88 Å². The van der Waals surface area contributed by atoms with Gasteiger partial charge in [0.25, 0.3) is 11.3 Å². The number of imidazole rings is 1. The number of unbranched alkanes of at least 4 members (excludes halogenated alkanes) is 3. The Morgan fingerprint density at radius 2 is 2.04 bits per heavy atom.